The van der Waals surface area contributed by atoms with Crippen molar-refractivity contribution in [1.82, 2.24) is 15.7 Å². The molecule has 0 bridgehead atoms. The zero-order chi connectivity index (χ0) is 20.6. The molecule has 0 radical (unpaired) electrons. The van der Waals surface area contributed by atoms with Crippen LogP contribution in [0.15, 0.2) is 64.4 Å². The molecule has 0 saturated carbocycles. The van der Waals surface area contributed by atoms with Crippen LogP contribution in [0.5, 0.6) is 5.75 Å². The summed E-state index contributed by atoms with van der Waals surface area (Å²) in [4.78, 5) is 27.5. The molecule has 2 amide bonds. The summed E-state index contributed by atoms with van der Waals surface area (Å²) in [5, 5.41) is 6.78. The first-order valence-corrected chi connectivity index (χ1v) is 8.88. The van der Waals surface area contributed by atoms with Gasteiger partial charge >= 0.3 is 0 Å². The van der Waals surface area contributed by atoms with Gasteiger partial charge in [0.2, 0.25) is 0 Å². The second-order valence-electron chi connectivity index (χ2n) is 5.76. The van der Waals surface area contributed by atoms with Crippen LogP contribution in [0.1, 0.15) is 16.1 Å². The number of nitrogens with one attached hydrogen (secondary N) is 2. The van der Waals surface area contributed by atoms with E-state index in [0.29, 0.717) is 27.9 Å². The number of hydrogen-bond donors (Lipinski definition) is 2. The van der Waals surface area contributed by atoms with Crippen LogP contribution < -0.4 is 15.5 Å². The summed E-state index contributed by atoms with van der Waals surface area (Å²) in [5.74, 6) is 0.750. The molecule has 0 aliphatic carbocycles. The minimum Gasteiger partial charge on any atom is -0.495 e. The highest BCUT2D eigenvalue weighted by Gasteiger charge is 2.08. The second-order valence-corrected chi connectivity index (χ2v) is 6.17. The molecular formula is C20H17ClN4O4. The standard InChI is InChI=1S/C20H17ClN4O4/c1-28-18-4-2-14(10-16(18)21)17-5-3-15(29-17)11-24-25-19(26)12-23-20(27)13-6-8-22-9-7-13/h2-11H,12H2,1H3,(H,23,27)(H,25,26)/b24-11-. The summed E-state index contributed by atoms with van der Waals surface area (Å²) in [6, 6.07) is 11.9. The summed E-state index contributed by atoms with van der Waals surface area (Å²) in [6.07, 6.45) is 4.35. The smallest absolute Gasteiger partial charge is 0.259 e. The van der Waals surface area contributed by atoms with Crippen LogP contribution in [-0.2, 0) is 4.79 Å². The van der Waals surface area contributed by atoms with E-state index in [1.54, 1.807) is 43.5 Å². The number of aromatic nitrogens is 1. The monoisotopic (exact) mass is 412 g/mol. The average molecular weight is 413 g/mol. The maximum atomic E-state index is 11.9. The van der Waals surface area contributed by atoms with Crippen molar-refractivity contribution in [1.29, 1.82) is 0 Å². The van der Waals surface area contributed by atoms with E-state index >= 15 is 0 Å². The number of nitrogens with zero attached hydrogens (tertiary/aromatic N) is 2. The third-order valence-electron chi connectivity index (χ3n) is 3.80. The molecular weight excluding hydrogens is 396 g/mol. The van der Waals surface area contributed by atoms with Crippen LogP contribution in [0.2, 0.25) is 5.02 Å². The van der Waals surface area contributed by atoms with Crippen molar-refractivity contribution >= 4 is 29.6 Å². The van der Waals surface area contributed by atoms with Crippen molar-refractivity contribution in [3.05, 3.63) is 71.2 Å². The summed E-state index contributed by atoms with van der Waals surface area (Å²) < 4.78 is 10.8. The molecule has 0 aliphatic rings. The van der Waals surface area contributed by atoms with Crippen molar-refractivity contribution in [3.8, 4) is 17.1 Å². The first kappa shape index (κ1) is 20.1. The minimum absolute atomic E-state index is 0.216. The maximum Gasteiger partial charge on any atom is 0.259 e. The number of benzene rings is 1. The van der Waals surface area contributed by atoms with Crippen LogP contribution in [0.4, 0.5) is 0 Å². The molecule has 148 valence electrons. The van der Waals surface area contributed by atoms with Gasteiger partial charge in [-0.15, -0.1) is 0 Å². The predicted molar refractivity (Wildman–Crippen MR) is 108 cm³/mol. The highest BCUT2D eigenvalue weighted by atomic mass is 35.5. The van der Waals surface area contributed by atoms with Gasteiger partial charge in [-0.3, -0.25) is 14.6 Å². The first-order valence-electron chi connectivity index (χ1n) is 8.50. The van der Waals surface area contributed by atoms with E-state index in [1.165, 1.54) is 18.6 Å². The van der Waals surface area contributed by atoms with Crippen molar-refractivity contribution in [3.63, 3.8) is 0 Å². The Hall–Kier alpha value is -3.65. The Morgan fingerprint density at radius 1 is 1.21 bits per heavy atom. The van der Waals surface area contributed by atoms with Gasteiger partial charge < -0.3 is 14.5 Å². The van der Waals surface area contributed by atoms with Crippen molar-refractivity contribution in [2.75, 3.05) is 13.7 Å². The van der Waals surface area contributed by atoms with Gasteiger partial charge in [-0.1, -0.05) is 11.6 Å². The van der Waals surface area contributed by atoms with Gasteiger partial charge in [0.1, 0.15) is 17.3 Å². The molecule has 2 aromatic heterocycles. The molecule has 0 fully saturated rings. The zero-order valence-electron chi connectivity index (χ0n) is 15.4. The fraction of sp³-hybridized carbons (Fsp3) is 0.100. The fourth-order valence-electron chi connectivity index (χ4n) is 2.37. The van der Waals surface area contributed by atoms with Crippen molar-refractivity contribution in [2.45, 2.75) is 0 Å². The molecule has 0 spiro atoms. The highest BCUT2D eigenvalue weighted by molar-refractivity contribution is 6.32. The molecule has 2 heterocycles. The highest BCUT2D eigenvalue weighted by Crippen LogP contribution is 2.30. The van der Waals surface area contributed by atoms with Crippen LogP contribution >= 0.6 is 11.6 Å². The summed E-state index contributed by atoms with van der Waals surface area (Å²) >= 11 is 6.12. The maximum absolute atomic E-state index is 11.9. The molecule has 8 nitrogen and oxygen atoms in total. The number of carbonyl (C=O) groups excluding carboxylic acids is 2. The summed E-state index contributed by atoms with van der Waals surface area (Å²) in [7, 11) is 1.54. The fourth-order valence-corrected chi connectivity index (χ4v) is 2.63. The third kappa shape index (κ3) is 5.43. The Morgan fingerprint density at radius 3 is 2.72 bits per heavy atom. The number of furan rings is 1. The predicted octanol–water partition coefficient (Wildman–Crippen LogP) is 2.88. The Labute approximate surface area is 171 Å². The van der Waals surface area contributed by atoms with Crippen molar-refractivity contribution in [2.24, 2.45) is 5.10 Å². The lowest BCUT2D eigenvalue weighted by Gasteiger charge is -2.04. The number of pyridine rings is 1. The molecule has 3 rings (SSSR count). The SMILES string of the molecule is COc1ccc(-c2ccc(/C=N\NC(=O)CNC(=O)c3ccncc3)o2)cc1Cl. The van der Waals surface area contributed by atoms with E-state index in [4.69, 9.17) is 20.8 Å². The molecule has 29 heavy (non-hydrogen) atoms. The molecule has 0 atom stereocenters. The Kier molecular flexibility index (Phi) is 6.59. The molecule has 9 heteroatoms. The third-order valence-corrected chi connectivity index (χ3v) is 4.09. The van der Waals surface area contributed by atoms with E-state index in [0.717, 1.165) is 5.56 Å². The number of hydrazone groups is 1. The molecule has 0 saturated heterocycles. The Bertz CT molecular complexity index is 1030. The lowest BCUT2D eigenvalue weighted by Crippen LogP contribution is -2.34. The van der Waals surface area contributed by atoms with Crippen LogP contribution in [0, 0.1) is 0 Å². The normalized spacial score (nSPS) is 10.7. The van der Waals surface area contributed by atoms with Gasteiger partial charge in [-0.25, -0.2) is 5.43 Å². The van der Waals surface area contributed by atoms with Gasteiger partial charge in [0.15, 0.2) is 0 Å². The van der Waals surface area contributed by atoms with Gasteiger partial charge in [0, 0.05) is 23.5 Å². The van der Waals surface area contributed by atoms with Crippen LogP contribution in [-0.4, -0.2) is 36.7 Å². The zero-order valence-corrected chi connectivity index (χ0v) is 16.1. The summed E-state index contributed by atoms with van der Waals surface area (Å²) in [5.41, 5.74) is 3.51. The lowest BCUT2D eigenvalue weighted by atomic mass is 10.2. The van der Waals surface area contributed by atoms with Crippen LogP contribution in [0.3, 0.4) is 0 Å². The summed E-state index contributed by atoms with van der Waals surface area (Å²) in [6.45, 7) is -0.216. The molecule has 2 N–H and O–H groups in total. The number of rotatable bonds is 7. The van der Waals surface area contributed by atoms with Gasteiger partial charge in [0.05, 0.1) is 24.9 Å². The number of hydrogen-bond acceptors (Lipinski definition) is 6. The van der Waals surface area contributed by atoms with E-state index in [1.807, 2.05) is 6.07 Å². The van der Waals surface area contributed by atoms with E-state index in [2.05, 4.69) is 20.8 Å². The number of halogens is 1. The number of methoxy groups -OCH3 is 1. The Morgan fingerprint density at radius 2 is 2.00 bits per heavy atom. The van der Waals surface area contributed by atoms with Crippen LogP contribution in [0.25, 0.3) is 11.3 Å². The topological polar surface area (TPSA) is 106 Å². The quantitative estimate of drug-likeness (QED) is 0.458. The van der Waals surface area contributed by atoms with E-state index < -0.39 is 5.91 Å². The van der Waals surface area contributed by atoms with E-state index in [9.17, 15) is 9.59 Å². The Balaban J connectivity index is 1.51. The number of ether oxygens (including phenoxy) is 1. The van der Waals surface area contributed by atoms with E-state index in [-0.39, 0.29) is 12.5 Å². The molecule has 0 aliphatic heterocycles. The molecule has 3 aromatic rings. The minimum atomic E-state index is -0.475. The average Bonchev–Trinajstić information content (AvgIpc) is 3.21. The molecule has 0 unspecified atom stereocenters. The largest absolute Gasteiger partial charge is 0.495 e. The number of amides is 2. The van der Waals surface area contributed by atoms with Gasteiger partial charge in [-0.05, 0) is 42.5 Å². The van der Waals surface area contributed by atoms with Crippen molar-refractivity contribution < 1.29 is 18.7 Å². The van der Waals surface area contributed by atoms with Gasteiger partial charge in [0.25, 0.3) is 11.8 Å². The second kappa shape index (κ2) is 9.52. The van der Waals surface area contributed by atoms with Gasteiger partial charge in [-0.2, -0.15) is 5.10 Å². The number of carbonyl (C=O) groups is 2. The molecule has 1 aromatic carbocycles. The lowest BCUT2D eigenvalue weighted by molar-refractivity contribution is -0.120. The first-order chi connectivity index (χ1) is 14.1.